The number of piperidine rings is 1. The number of carbonyl (C=O) groups is 1. The van der Waals surface area contributed by atoms with Gasteiger partial charge in [-0.1, -0.05) is 24.6 Å². The highest BCUT2D eigenvalue weighted by Crippen LogP contribution is 2.29. The molecule has 0 spiro atoms. The van der Waals surface area contributed by atoms with Gasteiger partial charge in [-0.15, -0.1) is 0 Å². The van der Waals surface area contributed by atoms with Gasteiger partial charge < -0.3 is 9.47 Å². The van der Waals surface area contributed by atoms with E-state index < -0.39 is 0 Å². The first-order chi connectivity index (χ1) is 13.2. The number of rotatable bonds is 9. The Bertz CT molecular complexity index is 721. The van der Waals surface area contributed by atoms with Gasteiger partial charge in [0.15, 0.2) is 5.78 Å². The number of likely N-dealkylation sites (tertiary alicyclic amines) is 1. The van der Waals surface area contributed by atoms with Crippen LogP contribution in [-0.4, -0.2) is 48.6 Å². The highest BCUT2D eigenvalue weighted by Gasteiger charge is 2.23. The number of nitrogens with zero attached hydrogens (tertiary/aromatic N) is 2. The summed E-state index contributed by atoms with van der Waals surface area (Å²) in [5.74, 6) is 0.750. The second-order valence-electron chi connectivity index (χ2n) is 6.88. The number of hydrogen-bond acceptors (Lipinski definition) is 5. The molecular formula is C22H28N2O3. The van der Waals surface area contributed by atoms with E-state index in [0.717, 1.165) is 13.1 Å². The summed E-state index contributed by atoms with van der Waals surface area (Å²) >= 11 is 0. The van der Waals surface area contributed by atoms with Crippen LogP contribution >= 0.6 is 0 Å². The molecule has 1 aromatic heterocycles. The molecule has 0 radical (unpaired) electrons. The van der Waals surface area contributed by atoms with Gasteiger partial charge in [0.2, 0.25) is 0 Å². The molecule has 1 atom stereocenters. The van der Waals surface area contributed by atoms with E-state index in [2.05, 4.69) is 16.0 Å². The highest BCUT2D eigenvalue weighted by atomic mass is 16.5. The van der Waals surface area contributed by atoms with Crippen LogP contribution < -0.4 is 4.74 Å². The topological polar surface area (TPSA) is 51.7 Å². The van der Waals surface area contributed by atoms with Crippen LogP contribution in [0.1, 0.15) is 48.1 Å². The monoisotopic (exact) mass is 368 g/mol. The summed E-state index contributed by atoms with van der Waals surface area (Å²) in [7, 11) is 0. The molecule has 1 unspecified atom stereocenters. The number of Topliss-reactive ketones (excluding diaryl/α,β-unsaturated/α-hetero) is 1. The van der Waals surface area contributed by atoms with Crippen molar-refractivity contribution in [3.8, 4) is 5.75 Å². The zero-order valence-electron chi connectivity index (χ0n) is 16.0. The molecule has 5 nitrogen and oxygen atoms in total. The molecule has 0 aliphatic carbocycles. The number of pyridine rings is 1. The van der Waals surface area contributed by atoms with Gasteiger partial charge in [-0.25, -0.2) is 0 Å². The quantitative estimate of drug-likeness (QED) is 0.496. The van der Waals surface area contributed by atoms with E-state index in [0.29, 0.717) is 37.2 Å². The fourth-order valence-electron chi connectivity index (χ4n) is 3.52. The third kappa shape index (κ3) is 5.88. The van der Waals surface area contributed by atoms with Gasteiger partial charge in [-0.2, -0.15) is 0 Å². The molecule has 0 amide bonds. The third-order valence-corrected chi connectivity index (χ3v) is 4.94. The van der Waals surface area contributed by atoms with Crippen molar-refractivity contribution in [2.75, 3.05) is 32.9 Å². The fraction of sp³-hybridized carbons (Fsp3) is 0.455. The summed E-state index contributed by atoms with van der Waals surface area (Å²) in [5.41, 5.74) is 1.96. The first-order valence-electron chi connectivity index (χ1n) is 9.69. The first-order valence-corrected chi connectivity index (χ1v) is 9.69. The van der Waals surface area contributed by atoms with Crippen LogP contribution in [0.2, 0.25) is 0 Å². The van der Waals surface area contributed by atoms with Gasteiger partial charge >= 0.3 is 0 Å². The van der Waals surface area contributed by atoms with Crippen molar-refractivity contribution in [1.82, 2.24) is 9.88 Å². The molecule has 1 fully saturated rings. The Hall–Kier alpha value is -2.24. The number of carbonyl (C=O) groups excluding carboxylic acids is 1. The predicted molar refractivity (Wildman–Crippen MR) is 105 cm³/mol. The summed E-state index contributed by atoms with van der Waals surface area (Å²) < 4.78 is 11.5. The third-order valence-electron chi connectivity index (χ3n) is 4.94. The Morgan fingerprint density at radius 1 is 1.19 bits per heavy atom. The number of ketones is 1. The normalized spacial score (nSPS) is 17.6. The van der Waals surface area contributed by atoms with E-state index >= 15 is 0 Å². The molecule has 0 saturated carbocycles. The van der Waals surface area contributed by atoms with Crippen molar-refractivity contribution in [3.63, 3.8) is 0 Å². The maximum absolute atomic E-state index is 11.4. The van der Waals surface area contributed by atoms with Crippen LogP contribution in [0.15, 0.2) is 48.8 Å². The smallest absolute Gasteiger partial charge is 0.159 e. The largest absolute Gasteiger partial charge is 0.491 e. The summed E-state index contributed by atoms with van der Waals surface area (Å²) in [6, 6.07) is 11.9. The van der Waals surface area contributed by atoms with Gasteiger partial charge in [-0.05, 0) is 50.1 Å². The van der Waals surface area contributed by atoms with Gasteiger partial charge in [-0.3, -0.25) is 14.7 Å². The van der Waals surface area contributed by atoms with Crippen molar-refractivity contribution in [2.24, 2.45) is 0 Å². The minimum atomic E-state index is 0.0430. The van der Waals surface area contributed by atoms with Crippen LogP contribution in [0.5, 0.6) is 5.75 Å². The van der Waals surface area contributed by atoms with Crippen LogP contribution in [0.4, 0.5) is 0 Å². The summed E-state index contributed by atoms with van der Waals surface area (Å²) in [5, 5.41) is 0. The maximum atomic E-state index is 11.4. The standard InChI is InChI=1S/C22H28N2O3/c1-18(25)19-6-4-8-21(16-19)27-15-14-26-13-12-24-11-3-2-9-22(24)20-7-5-10-23-17-20/h4-8,10,16-17,22H,2-3,9,11-15H2,1H3. The highest BCUT2D eigenvalue weighted by molar-refractivity contribution is 5.94. The van der Waals surface area contributed by atoms with E-state index in [1.54, 1.807) is 19.1 Å². The number of hydrogen-bond donors (Lipinski definition) is 0. The van der Waals surface area contributed by atoms with Crippen LogP contribution in [0.25, 0.3) is 0 Å². The number of aromatic nitrogens is 1. The molecule has 2 aromatic rings. The second-order valence-corrected chi connectivity index (χ2v) is 6.88. The molecule has 1 saturated heterocycles. The average molecular weight is 368 g/mol. The molecule has 2 heterocycles. The lowest BCUT2D eigenvalue weighted by Crippen LogP contribution is -2.36. The lowest BCUT2D eigenvalue weighted by molar-refractivity contribution is 0.0571. The fourth-order valence-corrected chi connectivity index (χ4v) is 3.52. The van der Waals surface area contributed by atoms with Crippen LogP contribution in [0, 0.1) is 0 Å². The summed E-state index contributed by atoms with van der Waals surface area (Å²) in [4.78, 5) is 18.2. The molecule has 0 N–H and O–H groups in total. The van der Waals surface area contributed by atoms with Crippen LogP contribution in [0.3, 0.4) is 0 Å². The molecule has 3 rings (SSSR count). The van der Waals surface area contributed by atoms with Crippen molar-refractivity contribution in [2.45, 2.75) is 32.2 Å². The zero-order chi connectivity index (χ0) is 18.9. The van der Waals surface area contributed by atoms with Gasteiger partial charge in [0.1, 0.15) is 12.4 Å². The number of benzene rings is 1. The van der Waals surface area contributed by atoms with Gasteiger partial charge in [0, 0.05) is 30.5 Å². The Balaban J connectivity index is 1.38. The maximum Gasteiger partial charge on any atom is 0.159 e. The predicted octanol–water partition coefficient (Wildman–Crippen LogP) is 3.91. The molecule has 0 bridgehead atoms. The first kappa shape index (κ1) is 19.5. The Morgan fingerprint density at radius 2 is 2.11 bits per heavy atom. The van der Waals surface area contributed by atoms with E-state index in [9.17, 15) is 4.79 Å². The van der Waals surface area contributed by atoms with Crippen molar-refractivity contribution >= 4 is 5.78 Å². The lowest BCUT2D eigenvalue weighted by Gasteiger charge is -2.35. The molecule has 1 aliphatic heterocycles. The molecule has 5 heteroatoms. The van der Waals surface area contributed by atoms with E-state index in [1.807, 2.05) is 30.6 Å². The van der Waals surface area contributed by atoms with E-state index in [1.165, 1.54) is 24.8 Å². The molecule has 27 heavy (non-hydrogen) atoms. The van der Waals surface area contributed by atoms with Crippen molar-refractivity contribution < 1.29 is 14.3 Å². The minimum absolute atomic E-state index is 0.0430. The van der Waals surface area contributed by atoms with Crippen molar-refractivity contribution in [3.05, 3.63) is 59.9 Å². The molecular weight excluding hydrogens is 340 g/mol. The minimum Gasteiger partial charge on any atom is -0.491 e. The Labute approximate surface area is 161 Å². The Kier molecular flexibility index (Phi) is 7.36. The van der Waals surface area contributed by atoms with Gasteiger partial charge in [0.05, 0.1) is 13.2 Å². The Morgan fingerprint density at radius 3 is 2.93 bits per heavy atom. The average Bonchev–Trinajstić information content (AvgIpc) is 2.72. The second kappa shape index (κ2) is 10.2. The summed E-state index contributed by atoms with van der Waals surface area (Å²) in [6.45, 7) is 5.29. The lowest BCUT2D eigenvalue weighted by atomic mass is 9.96. The SMILES string of the molecule is CC(=O)c1cccc(OCCOCCN2CCCCC2c2cccnc2)c1. The van der Waals surface area contributed by atoms with E-state index in [-0.39, 0.29) is 5.78 Å². The molecule has 1 aromatic carbocycles. The van der Waals surface area contributed by atoms with Crippen LogP contribution in [-0.2, 0) is 4.74 Å². The van der Waals surface area contributed by atoms with Crippen molar-refractivity contribution in [1.29, 1.82) is 0 Å². The van der Waals surface area contributed by atoms with Gasteiger partial charge in [0.25, 0.3) is 0 Å². The molecule has 1 aliphatic rings. The number of ether oxygens (including phenoxy) is 2. The van der Waals surface area contributed by atoms with E-state index in [4.69, 9.17) is 9.47 Å². The molecule has 144 valence electrons. The zero-order valence-corrected chi connectivity index (χ0v) is 16.0. The summed E-state index contributed by atoms with van der Waals surface area (Å²) in [6.07, 6.45) is 7.50.